The van der Waals surface area contributed by atoms with Crippen LogP contribution in [-0.4, -0.2) is 0 Å². The van der Waals surface area contributed by atoms with Crippen LogP contribution in [0.1, 0.15) is 24.9 Å². The number of hydrogen-bond acceptors (Lipinski definition) is 1. The quantitative estimate of drug-likeness (QED) is 0.761. The number of halogens is 3. The highest BCUT2D eigenvalue weighted by Gasteiger charge is 2.15. The molecule has 0 aliphatic heterocycles. The van der Waals surface area contributed by atoms with E-state index < -0.39 is 11.9 Å². The van der Waals surface area contributed by atoms with Gasteiger partial charge in [-0.25, -0.2) is 4.39 Å². The third kappa shape index (κ3) is 2.13. The van der Waals surface area contributed by atoms with Crippen molar-refractivity contribution >= 4 is 23.2 Å². The zero-order chi connectivity index (χ0) is 10.0. The van der Waals surface area contributed by atoms with Gasteiger partial charge in [-0.3, -0.25) is 0 Å². The van der Waals surface area contributed by atoms with Gasteiger partial charge in [0.2, 0.25) is 0 Å². The Kier molecular flexibility index (Phi) is 3.54. The predicted molar refractivity (Wildman–Crippen MR) is 53.6 cm³/mol. The molecule has 0 aliphatic rings. The van der Waals surface area contributed by atoms with Crippen LogP contribution in [0.15, 0.2) is 12.1 Å². The van der Waals surface area contributed by atoms with Gasteiger partial charge in [0.25, 0.3) is 0 Å². The van der Waals surface area contributed by atoms with Crippen molar-refractivity contribution in [3.63, 3.8) is 0 Å². The molecule has 1 rings (SSSR count). The Hall–Kier alpha value is -0.310. The van der Waals surface area contributed by atoms with Crippen molar-refractivity contribution in [3.8, 4) is 0 Å². The van der Waals surface area contributed by atoms with Crippen LogP contribution in [0.25, 0.3) is 0 Å². The Bertz CT molecular complexity index is 315. The number of nitrogens with two attached hydrogens (primary N) is 1. The highest BCUT2D eigenvalue weighted by atomic mass is 35.5. The number of benzene rings is 1. The fourth-order valence-electron chi connectivity index (χ4n) is 1.09. The lowest BCUT2D eigenvalue weighted by Gasteiger charge is -2.12. The molecule has 13 heavy (non-hydrogen) atoms. The molecule has 2 N–H and O–H groups in total. The molecule has 1 nitrogen and oxygen atoms in total. The first-order valence-corrected chi connectivity index (χ1v) is 4.72. The molecule has 0 unspecified atom stereocenters. The average Bonchev–Trinajstić information content (AvgIpc) is 2.12. The largest absolute Gasteiger partial charge is 0.324 e. The second-order valence-corrected chi connectivity index (χ2v) is 3.56. The van der Waals surface area contributed by atoms with Gasteiger partial charge in [-0.15, -0.1) is 0 Å². The van der Waals surface area contributed by atoms with Gasteiger partial charge in [-0.1, -0.05) is 30.1 Å². The monoisotopic (exact) mass is 221 g/mol. The summed E-state index contributed by atoms with van der Waals surface area (Å²) < 4.78 is 13.2. The Labute approximate surface area is 86.6 Å². The minimum Gasteiger partial charge on any atom is -0.324 e. The lowest BCUT2D eigenvalue weighted by atomic mass is 10.1. The van der Waals surface area contributed by atoms with Crippen LogP contribution in [0.3, 0.4) is 0 Å². The second-order valence-electron chi connectivity index (χ2n) is 2.77. The zero-order valence-electron chi connectivity index (χ0n) is 7.15. The summed E-state index contributed by atoms with van der Waals surface area (Å²) in [4.78, 5) is 0. The first kappa shape index (κ1) is 10.8. The molecule has 0 aromatic heterocycles. The molecule has 0 bridgehead atoms. The summed E-state index contributed by atoms with van der Waals surface area (Å²) in [6, 6.07) is 2.30. The molecule has 0 heterocycles. The van der Waals surface area contributed by atoms with E-state index in [1.807, 2.05) is 6.92 Å². The van der Waals surface area contributed by atoms with Crippen molar-refractivity contribution in [1.82, 2.24) is 0 Å². The van der Waals surface area contributed by atoms with Gasteiger partial charge < -0.3 is 5.73 Å². The summed E-state index contributed by atoms with van der Waals surface area (Å²) in [5.74, 6) is -0.399. The van der Waals surface area contributed by atoms with Gasteiger partial charge >= 0.3 is 0 Å². The van der Waals surface area contributed by atoms with Gasteiger partial charge in [0.15, 0.2) is 0 Å². The molecule has 0 amide bonds. The molecule has 0 radical (unpaired) electrons. The Morgan fingerprint density at radius 1 is 1.46 bits per heavy atom. The van der Waals surface area contributed by atoms with Crippen molar-refractivity contribution in [2.24, 2.45) is 5.73 Å². The SMILES string of the molecule is CC[C@@H](N)c1c(F)ccc(Cl)c1Cl. The van der Waals surface area contributed by atoms with E-state index in [-0.39, 0.29) is 5.02 Å². The maximum absolute atomic E-state index is 13.2. The summed E-state index contributed by atoms with van der Waals surface area (Å²) in [6.45, 7) is 1.86. The third-order valence-corrected chi connectivity index (χ3v) is 2.71. The van der Waals surface area contributed by atoms with Gasteiger partial charge in [0.05, 0.1) is 10.0 Å². The molecule has 4 heteroatoms. The zero-order valence-corrected chi connectivity index (χ0v) is 8.66. The lowest BCUT2D eigenvalue weighted by Crippen LogP contribution is -2.11. The van der Waals surface area contributed by atoms with Gasteiger partial charge in [-0.05, 0) is 18.6 Å². The van der Waals surface area contributed by atoms with E-state index in [1.54, 1.807) is 0 Å². The molecule has 72 valence electrons. The van der Waals surface area contributed by atoms with Crippen molar-refractivity contribution < 1.29 is 4.39 Å². The second kappa shape index (κ2) is 4.27. The summed E-state index contributed by atoms with van der Waals surface area (Å²) in [5, 5.41) is 0.554. The number of rotatable bonds is 2. The van der Waals surface area contributed by atoms with Crippen LogP contribution < -0.4 is 5.73 Å². The van der Waals surface area contributed by atoms with Crippen molar-refractivity contribution in [3.05, 3.63) is 33.6 Å². The van der Waals surface area contributed by atoms with Crippen LogP contribution in [0.4, 0.5) is 4.39 Å². The Morgan fingerprint density at radius 3 is 2.62 bits per heavy atom. The smallest absolute Gasteiger partial charge is 0.129 e. The molecule has 0 saturated carbocycles. The average molecular weight is 222 g/mol. The van der Waals surface area contributed by atoms with E-state index in [4.69, 9.17) is 28.9 Å². The summed E-state index contributed by atoms with van der Waals surface area (Å²) >= 11 is 11.6. The molecule has 0 fully saturated rings. The van der Waals surface area contributed by atoms with Crippen molar-refractivity contribution in [2.45, 2.75) is 19.4 Å². The Morgan fingerprint density at radius 2 is 2.08 bits per heavy atom. The van der Waals surface area contributed by atoms with Crippen LogP contribution in [0.2, 0.25) is 10.0 Å². The highest BCUT2D eigenvalue weighted by Crippen LogP contribution is 2.32. The van der Waals surface area contributed by atoms with Crippen molar-refractivity contribution in [2.75, 3.05) is 0 Å². The van der Waals surface area contributed by atoms with E-state index in [0.717, 1.165) is 0 Å². The van der Waals surface area contributed by atoms with Crippen LogP contribution >= 0.6 is 23.2 Å². The minimum atomic E-state index is -0.399. The number of hydrogen-bond donors (Lipinski definition) is 1. The molecule has 0 saturated heterocycles. The summed E-state index contributed by atoms with van der Waals surface area (Å²) in [6.07, 6.45) is 0.622. The normalized spacial score (nSPS) is 13.0. The van der Waals surface area contributed by atoms with Crippen molar-refractivity contribution in [1.29, 1.82) is 0 Å². The van der Waals surface area contributed by atoms with Crippen LogP contribution in [0.5, 0.6) is 0 Å². The minimum absolute atomic E-state index is 0.219. The topological polar surface area (TPSA) is 26.0 Å². The molecule has 1 aromatic carbocycles. The molecule has 1 aromatic rings. The fourth-order valence-corrected chi connectivity index (χ4v) is 1.54. The molecule has 1 atom stereocenters. The van der Waals surface area contributed by atoms with Crippen LogP contribution in [0, 0.1) is 5.82 Å². The van der Waals surface area contributed by atoms with Gasteiger partial charge in [-0.2, -0.15) is 0 Å². The lowest BCUT2D eigenvalue weighted by molar-refractivity contribution is 0.575. The predicted octanol–water partition coefficient (Wildman–Crippen LogP) is 3.54. The maximum atomic E-state index is 13.2. The maximum Gasteiger partial charge on any atom is 0.129 e. The van der Waals surface area contributed by atoms with Gasteiger partial charge in [0, 0.05) is 11.6 Å². The third-order valence-electron chi connectivity index (χ3n) is 1.89. The first-order valence-electron chi connectivity index (χ1n) is 3.96. The highest BCUT2D eigenvalue weighted by molar-refractivity contribution is 6.42. The summed E-state index contributed by atoms with van der Waals surface area (Å²) in [7, 11) is 0. The molecular weight excluding hydrogens is 212 g/mol. The van der Waals surface area contributed by atoms with E-state index in [9.17, 15) is 4.39 Å². The van der Waals surface area contributed by atoms with E-state index in [2.05, 4.69) is 0 Å². The van der Waals surface area contributed by atoms with E-state index in [0.29, 0.717) is 17.0 Å². The fraction of sp³-hybridized carbons (Fsp3) is 0.333. The Balaban J connectivity index is 3.25. The molecule has 0 spiro atoms. The summed E-state index contributed by atoms with van der Waals surface area (Å²) in [5.41, 5.74) is 5.98. The molecule has 0 aliphatic carbocycles. The van der Waals surface area contributed by atoms with E-state index in [1.165, 1.54) is 12.1 Å². The van der Waals surface area contributed by atoms with Gasteiger partial charge in [0.1, 0.15) is 5.82 Å². The first-order chi connectivity index (χ1) is 6.07. The van der Waals surface area contributed by atoms with E-state index >= 15 is 0 Å². The molecular formula is C9H10Cl2FN. The standard InChI is InChI=1S/C9H10Cl2FN/c1-2-7(13)8-6(12)4-3-5(10)9(8)11/h3-4,7H,2,13H2,1H3/t7-/m1/s1. The van der Waals surface area contributed by atoms with Crippen LogP contribution in [-0.2, 0) is 0 Å².